The van der Waals surface area contributed by atoms with Crippen LogP contribution >= 0.6 is 23.2 Å². The van der Waals surface area contributed by atoms with E-state index in [2.05, 4.69) is 26.1 Å². The molecule has 0 radical (unpaired) electrons. The second-order valence-electron chi connectivity index (χ2n) is 6.08. The quantitative estimate of drug-likeness (QED) is 0.820. The molecule has 19 heavy (non-hydrogen) atoms. The first-order valence-corrected chi connectivity index (χ1v) is 7.91. The summed E-state index contributed by atoms with van der Waals surface area (Å²) >= 11 is 12.9. The van der Waals surface area contributed by atoms with Gasteiger partial charge in [-0.3, -0.25) is 0 Å². The molecule has 0 amide bonds. The van der Waals surface area contributed by atoms with Crippen molar-refractivity contribution in [1.82, 2.24) is 5.32 Å². The molecule has 1 aliphatic carbocycles. The molecule has 0 spiro atoms. The van der Waals surface area contributed by atoms with Crippen LogP contribution < -0.4 is 5.32 Å². The molecule has 0 aromatic heterocycles. The summed E-state index contributed by atoms with van der Waals surface area (Å²) in [6.45, 7) is 7.65. The molecule has 3 heteroatoms. The normalized spacial score (nSPS) is 27.2. The fourth-order valence-corrected chi connectivity index (χ4v) is 4.10. The maximum atomic E-state index is 6.47. The molecule has 1 aliphatic rings. The van der Waals surface area contributed by atoms with Crippen molar-refractivity contribution >= 4 is 23.2 Å². The van der Waals surface area contributed by atoms with E-state index in [0.29, 0.717) is 12.0 Å². The van der Waals surface area contributed by atoms with E-state index in [1.807, 2.05) is 18.2 Å². The molecule has 1 saturated carbocycles. The molecule has 1 fully saturated rings. The minimum absolute atomic E-state index is 0.0830. The van der Waals surface area contributed by atoms with E-state index in [1.54, 1.807) is 0 Å². The Hall–Kier alpha value is -0.240. The Bertz CT molecular complexity index is 424. The highest BCUT2D eigenvalue weighted by molar-refractivity contribution is 6.36. The first-order valence-electron chi connectivity index (χ1n) is 7.15. The molecular weight excluding hydrogens is 277 g/mol. The van der Waals surface area contributed by atoms with Gasteiger partial charge >= 0.3 is 0 Å². The second-order valence-corrected chi connectivity index (χ2v) is 6.90. The second kappa shape index (κ2) is 6.03. The minimum atomic E-state index is 0.0830. The topological polar surface area (TPSA) is 12.0 Å². The van der Waals surface area contributed by atoms with Crippen molar-refractivity contribution in [3.8, 4) is 0 Å². The largest absolute Gasteiger partial charge is 0.314 e. The van der Waals surface area contributed by atoms with Gasteiger partial charge in [0.15, 0.2) is 0 Å². The van der Waals surface area contributed by atoms with Crippen LogP contribution in [0.5, 0.6) is 0 Å². The van der Waals surface area contributed by atoms with Crippen molar-refractivity contribution in [2.45, 2.75) is 51.5 Å². The number of nitrogens with one attached hydrogen (secondary N) is 1. The zero-order valence-electron chi connectivity index (χ0n) is 12.0. The Morgan fingerprint density at radius 2 is 1.95 bits per heavy atom. The molecule has 1 nitrogen and oxygen atoms in total. The Kier molecular flexibility index (Phi) is 4.81. The average Bonchev–Trinajstić information content (AvgIpc) is 2.69. The van der Waals surface area contributed by atoms with Gasteiger partial charge in [-0.2, -0.15) is 0 Å². The number of rotatable bonds is 4. The van der Waals surface area contributed by atoms with Gasteiger partial charge in [0.25, 0.3) is 0 Å². The molecule has 0 saturated heterocycles. The van der Waals surface area contributed by atoms with Crippen molar-refractivity contribution in [3.05, 3.63) is 33.8 Å². The van der Waals surface area contributed by atoms with Crippen molar-refractivity contribution in [1.29, 1.82) is 0 Å². The van der Waals surface area contributed by atoms with Gasteiger partial charge in [-0.05, 0) is 36.5 Å². The van der Waals surface area contributed by atoms with Gasteiger partial charge in [0.05, 0.1) is 0 Å². The Labute approximate surface area is 126 Å². The zero-order chi connectivity index (χ0) is 14.0. The Morgan fingerprint density at radius 3 is 2.42 bits per heavy atom. The lowest BCUT2D eigenvalue weighted by Gasteiger charge is -2.37. The SMILES string of the molecule is CC(C)NCC1(c2c(Cl)cccc2Cl)CCCC1C. The van der Waals surface area contributed by atoms with Crippen LogP contribution in [0.2, 0.25) is 10.0 Å². The molecule has 106 valence electrons. The number of benzene rings is 1. The summed E-state index contributed by atoms with van der Waals surface area (Å²) in [5.41, 5.74) is 1.23. The van der Waals surface area contributed by atoms with E-state index in [0.717, 1.165) is 28.6 Å². The molecule has 1 aromatic rings. The van der Waals surface area contributed by atoms with Gasteiger partial charge < -0.3 is 5.32 Å². The highest BCUT2D eigenvalue weighted by Crippen LogP contribution is 2.49. The molecule has 0 heterocycles. The van der Waals surface area contributed by atoms with Crippen LogP contribution in [-0.4, -0.2) is 12.6 Å². The van der Waals surface area contributed by atoms with E-state index >= 15 is 0 Å². The fraction of sp³-hybridized carbons (Fsp3) is 0.625. The number of hydrogen-bond acceptors (Lipinski definition) is 1. The highest BCUT2D eigenvalue weighted by atomic mass is 35.5. The summed E-state index contributed by atoms with van der Waals surface area (Å²) in [6.07, 6.45) is 3.67. The summed E-state index contributed by atoms with van der Waals surface area (Å²) in [4.78, 5) is 0. The van der Waals surface area contributed by atoms with Crippen LogP contribution in [0.1, 0.15) is 45.6 Å². The lowest BCUT2D eigenvalue weighted by molar-refractivity contribution is 0.308. The van der Waals surface area contributed by atoms with Gasteiger partial charge in [0.1, 0.15) is 0 Å². The molecule has 2 atom stereocenters. The van der Waals surface area contributed by atoms with Crippen LogP contribution in [0, 0.1) is 5.92 Å². The van der Waals surface area contributed by atoms with Crippen molar-refractivity contribution < 1.29 is 0 Å². The van der Waals surface area contributed by atoms with Crippen molar-refractivity contribution in [3.63, 3.8) is 0 Å². The third kappa shape index (κ3) is 2.94. The summed E-state index contributed by atoms with van der Waals surface area (Å²) < 4.78 is 0. The number of hydrogen-bond donors (Lipinski definition) is 1. The Morgan fingerprint density at radius 1 is 1.32 bits per heavy atom. The molecular formula is C16H23Cl2N. The predicted molar refractivity (Wildman–Crippen MR) is 84.3 cm³/mol. The van der Waals surface area contributed by atoms with E-state index in [4.69, 9.17) is 23.2 Å². The fourth-order valence-electron chi connectivity index (χ4n) is 3.33. The average molecular weight is 300 g/mol. The van der Waals surface area contributed by atoms with Gasteiger partial charge in [0, 0.05) is 28.0 Å². The minimum Gasteiger partial charge on any atom is -0.314 e. The van der Waals surface area contributed by atoms with Gasteiger partial charge in [-0.15, -0.1) is 0 Å². The summed E-state index contributed by atoms with van der Waals surface area (Å²) in [5.74, 6) is 0.608. The molecule has 0 aliphatic heterocycles. The standard InChI is InChI=1S/C16H23Cl2N/c1-11(2)19-10-16(9-5-6-12(16)3)15-13(17)7-4-8-14(15)18/h4,7-8,11-12,19H,5-6,9-10H2,1-3H3. The maximum absolute atomic E-state index is 6.47. The zero-order valence-corrected chi connectivity index (χ0v) is 13.5. The molecule has 2 unspecified atom stereocenters. The van der Waals surface area contributed by atoms with Crippen LogP contribution in [0.3, 0.4) is 0 Å². The smallest absolute Gasteiger partial charge is 0.0459 e. The molecule has 1 aromatic carbocycles. The van der Waals surface area contributed by atoms with Crippen molar-refractivity contribution in [2.75, 3.05) is 6.54 Å². The molecule has 2 rings (SSSR count). The third-order valence-electron chi connectivity index (χ3n) is 4.49. The summed E-state index contributed by atoms with van der Waals surface area (Å²) in [7, 11) is 0. The van der Waals surface area contributed by atoms with Crippen LogP contribution in [0.25, 0.3) is 0 Å². The summed E-state index contributed by atoms with van der Waals surface area (Å²) in [6, 6.07) is 6.33. The number of halogens is 2. The van der Waals surface area contributed by atoms with Gasteiger partial charge in [-0.25, -0.2) is 0 Å². The van der Waals surface area contributed by atoms with Crippen molar-refractivity contribution in [2.24, 2.45) is 5.92 Å². The lowest BCUT2D eigenvalue weighted by Crippen LogP contribution is -2.43. The van der Waals surface area contributed by atoms with E-state index < -0.39 is 0 Å². The van der Waals surface area contributed by atoms with Crippen LogP contribution in [0.15, 0.2) is 18.2 Å². The maximum Gasteiger partial charge on any atom is 0.0459 e. The van der Waals surface area contributed by atoms with E-state index in [-0.39, 0.29) is 5.41 Å². The first-order chi connectivity index (χ1) is 8.97. The highest BCUT2D eigenvalue weighted by Gasteiger charge is 2.43. The Balaban J connectivity index is 2.43. The predicted octanol–water partition coefficient (Wildman–Crippen LogP) is 5.05. The van der Waals surface area contributed by atoms with Gasteiger partial charge in [-0.1, -0.05) is 56.5 Å². The lowest BCUT2D eigenvalue weighted by atomic mass is 9.72. The molecule has 0 bridgehead atoms. The van der Waals surface area contributed by atoms with Gasteiger partial charge in [0.2, 0.25) is 0 Å². The van der Waals surface area contributed by atoms with Crippen LogP contribution in [0.4, 0.5) is 0 Å². The van der Waals surface area contributed by atoms with E-state index in [9.17, 15) is 0 Å². The summed E-state index contributed by atoms with van der Waals surface area (Å²) in [5, 5.41) is 5.22. The first kappa shape index (κ1) is 15.2. The molecule has 1 N–H and O–H groups in total. The third-order valence-corrected chi connectivity index (χ3v) is 5.12. The monoisotopic (exact) mass is 299 g/mol. The van der Waals surface area contributed by atoms with Crippen LogP contribution in [-0.2, 0) is 5.41 Å². The van der Waals surface area contributed by atoms with E-state index in [1.165, 1.54) is 12.8 Å².